The minimum Gasteiger partial charge on any atom is -0.457 e. The molecule has 19 aromatic rings. The Bertz CT molecular complexity index is 6520. The number of nitrogens with zero attached hydrogens (tertiary/aromatic N) is 9. The molecule has 0 bridgehead atoms. The number of para-hydroxylation sites is 7. The lowest BCUT2D eigenvalue weighted by atomic mass is 9.66. The van der Waals surface area contributed by atoms with Gasteiger partial charge in [-0.2, -0.15) is 0 Å². The lowest BCUT2D eigenvalue weighted by molar-refractivity contribution is 0.436. The van der Waals surface area contributed by atoms with Crippen molar-refractivity contribution in [3.05, 3.63) is 330 Å². The smallest absolute Gasteiger partial charge is 0.188 e. The van der Waals surface area contributed by atoms with Crippen molar-refractivity contribution in [2.45, 2.75) is 5.41 Å². The number of rotatable bonds is 5. The Kier molecular flexibility index (Phi) is 10.2. The van der Waals surface area contributed by atoms with Crippen LogP contribution in [-0.2, 0) is 5.41 Å². The van der Waals surface area contributed by atoms with E-state index in [-0.39, 0.29) is 0 Å². The lowest BCUT2D eigenvalue weighted by Crippen LogP contribution is -2.33. The third kappa shape index (κ3) is 6.83. The molecule has 10 heteroatoms. The maximum atomic E-state index is 8.09. The van der Waals surface area contributed by atoms with Gasteiger partial charge in [-0.3, -0.25) is 9.97 Å². The zero-order chi connectivity index (χ0) is 62.4. The normalized spacial score (nSPS) is 14.0. The maximum Gasteiger partial charge on any atom is 0.188 e. The molecule has 0 amide bonds. The van der Waals surface area contributed by atoms with Gasteiger partial charge in [-0.25, -0.2) is 9.69 Å². The van der Waals surface area contributed by atoms with Gasteiger partial charge >= 0.3 is 0 Å². The molecule has 2 aliphatic rings. The van der Waals surface area contributed by atoms with Crippen molar-refractivity contribution in [3.8, 4) is 51.3 Å². The van der Waals surface area contributed by atoms with Crippen LogP contribution < -0.4 is 4.74 Å². The van der Waals surface area contributed by atoms with Crippen LogP contribution in [-0.4, -0.2) is 32.8 Å². The molecule has 95 heavy (non-hydrogen) atoms. The minimum atomic E-state index is -1.17. The van der Waals surface area contributed by atoms with Crippen LogP contribution in [0.3, 0.4) is 0 Å². The van der Waals surface area contributed by atoms with Crippen LogP contribution in [0.4, 0.5) is 11.4 Å². The summed E-state index contributed by atoms with van der Waals surface area (Å²) in [6.45, 7) is 16.2. The van der Waals surface area contributed by atoms with Crippen LogP contribution in [0.25, 0.3) is 159 Å². The van der Waals surface area contributed by atoms with Crippen LogP contribution >= 0.6 is 0 Å². The molecule has 7 aromatic heterocycles. The van der Waals surface area contributed by atoms with E-state index in [4.69, 9.17) is 27.8 Å². The fourth-order valence-electron chi connectivity index (χ4n) is 16.6. The van der Waals surface area contributed by atoms with Gasteiger partial charge in [-0.1, -0.05) is 140 Å². The molecular weight excluding hydrogens is 1160 g/mol. The van der Waals surface area contributed by atoms with Crippen molar-refractivity contribution in [2.24, 2.45) is 0 Å². The van der Waals surface area contributed by atoms with Crippen molar-refractivity contribution in [3.63, 3.8) is 0 Å². The summed E-state index contributed by atoms with van der Waals surface area (Å²) < 4.78 is 19.3. The number of fused-ring (bicyclic) bond motifs is 24. The van der Waals surface area contributed by atoms with E-state index in [1.165, 1.54) is 21.5 Å². The summed E-state index contributed by atoms with van der Waals surface area (Å²) in [5.74, 6) is 1.42. The molecule has 0 saturated heterocycles. The number of ether oxygens (including phenoxy) is 1. The monoisotopic (exact) mass is 1210 g/mol. The Labute approximate surface area is 542 Å². The largest absolute Gasteiger partial charge is 0.457 e. The van der Waals surface area contributed by atoms with Gasteiger partial charge in [-0.15, -0.1) is 0 Å². The van der Waals surface area contributed by atoms with Crippen LogP contribution in [0, 0.1) is 13.1 Å². The Morgan fingerprint density at radius 3 is 0.895 bits per heavy atom. The average Bonchev–Trinajstić information content (AvgIpc) is 1.56. The van der Waals surface area contributed by atoms with Gasteiger partial charge in [0.05, 0.1) is 109 Å². The molecule has 1 spiro atoms. The molecule has 1 unspecified atom stereocenters. The molecule has 0 N–H and O–H groups in total. The molecule has 10 nitrogen and oxygen atoms in total. The predicted octanol–water partition coefficient (Wildman–Crippen LogP) is 21.5. The number of benzene rings is 12. The molecule has 438 valence electrons. The lowest BCUT2D eigenvalue weighted by Gasteiger charge is -2.39. The minimum absolute atomic E-state index is 0.522. The molecule has 1 aliphatic heterocycles. The standard InChI is InChI=1S/C85H47N9O/c1-86-50-31-36-78-64(41-50)65-42-51(87-2)32-37-79(65)94(78)56-47-70-84(89-49-56)83-69(46-55(48-88-83)93-75-28-14-7-21-61(75)62-22-8-15-29-76(62)93)85(70)67-44-53(91-73-26-12-5-19-59(73)60-20-6-13-27-74(60)91)34-39-81(67)95-82-40-35-54(45-68(82)85)92-77-30-16-9-23-63(77)66-43-52(33-38-80(66)92)90-71-24-10-3-17-57(71)58-18-4-11-25-72(58)90/h3-49H. The second-order valence-electron chi connectivity index (χ2n) is 25.0. The quantitative estimate of drug-likeness (QED) is 0.161. The van der Waals surface area contributed by atoms with Crippen molar-refractivity contribution < 1.29 is 4.74 Å². The van der Waals surface area contributed by atoms with E-state index in [2.05, 4.69) is 269 Å². The van der Waals surface area contributed by atoms with Gasteiger partial charge < -0.3 is 27.6 Å². The molecule has 1 aliphatic carbocycles. The first kappa shape index (κ1) is 51.5. The van der Waals surface area contributed by atoms with Gasteiger partial charge in [0.25, 0.3) is 0 Å². The van der Waals surface area contributed by atoms with Crippen molar-refractivity contribution in [1.29, 1.82) is 0 Å². The van der Waals surface area contributed by atoms with Crippen molar-refractivity contribution in [1.82, 2.24) is 32.8 Å². The third-order valence-electron chi connectivity index (χ3n) is 20.4. The Morgan fingerprint density at radius 1 is 0.263 bits per heavy atom. The summed E-state index contributed by atoms with van der Waals surface area (Å²) >= 11 is 0. The zero-order valence-corrected chi connectivity index (χ0v) is 50.6. The number of hydrogen-bond donors (Lipinski definition) is 0. The van der Waals surface area contributed by atoms with Gasteiger partial charge in [0.1, 0.15) is 11.5 Å². The van der Waals surface area contributed by atoms with Crippen LogP contribution in [0.15, 0.2) is 285 Å². The highest BCUT2D eigenvalue weighted by Crippen LogP contribution is 2.63. The Balaban J connectivity index is 0.885. The first-order valence-electron chi connectivity index (χ1n) is 31.8. The summed E-state index contributed by atoms with van der Waals surface area (Å²) in [4.78, 5) is 19.1. The third-order valence-corrected chi connectivity index (χ3v) is 20.4. The summed E-state index contributed by atoms with van der Waals surface area (Å²) in [6.07, 6.45) is 3.98. The maximum absolute atomic E-state index is 8.09. The Hall–Kier alpha value is -13.3. The molecular formula is C85H47N9O. The molecule has 8 heterocycles. The van der Waals surface area contributed by atoms with E-state index in [1.807, 2.05) is 48.8 Å². The van der Waals surface area contributed by atoms with Crippen LogP contribution in [0.2, 0.25) is 0 Å². The predicted molar refractivity (Wildman–Crippen MR) is 384 cm³/mol. The van der Waals surface area contributed by atoms with E-state index in [1.54, 1.807) is 0 Å². The molecule has 0 saturated carbocycles. The summed E-state index contributed by atoms with van der Waals surface area (Å²) in [5, 5.41) is 11.1. The van der Waals surface area contributed by atoms with Crippen LogP contribution in [0.5, 0.6) is 11.5 Å². The second-order valence-corrected chi connectivity index (χ2v) is 25.0. The van der Waals surface area contributed by atoms with Gasteiger partial charge in [0.2, 0.25) is 0 Å². The molecule has 0 radical (unpaired) electrons. The fraction of sp³-hybridized carbons (Fsp3) is 0.0118. The van der Waals surface area contributed by atoms with E-state index in [9.17, 15) is 0 Å². The van der Waals surface area contributed by atoms with E-state index < -0.39 is 5.41 Å². The van der Waals surface area contributed by atoms with Gasteiger partial charge in [0, 0.05) is 82.4 Å². The van der Waals surface area contributed by atoms with E-state index >= 15 is 0 Å². The molecule has 12 aromatic carbocycles. The highest BCUT2D eigenvalue weighted by atomic mass is 16.5. The zero-order valence-electron chi connectivity index (χ0n) is 50.6. The first-order chi connectivity index (χ1) is 47.0. The van der Waals surface area contributed by atoms with Gasteiger partial charge in [-0.05, 0) is 144 Å². The SMILES string of the molecule is [C-]#[N+]c1ccc2c(c1)c1cc([N+]#[C-])ccc1n2-c1cnc2c(c1)C1(c3cc(-n4c5ccccc5c5ccccc54)ccc3Oc3ccc(-n4c5ccccc5c5cc(-n6c7ccccc7c7ccccc76)ccc54)cc31)c1cc(-n3c4ccccc4c4ccccc43)cnc1-2. The van der Waals surface area contributed by atoms with Crippen molar-refractivity contribution in [2.75, 3.05) is 0 Å². The van der Waals surface area contributed by atoms with E-state index in [0.717, 1.165) is 150 Å². The number of aromatic nitrogens is 7. The Morgan fingerprint density at radius 2 is 0.537 bits per heavy atom. The molecule has 0 fully saturated rings. The summed E-state index contributed by atoms with van der Waals surface area (Å²) in [6, 6.07) is 97.5. The number of hydrogen-bond acceptors (Lipinski definition) is 3. The second kappa shape index (κ2) is 18.9. The number of pyridine rings is 2. The first-order valence-corrected chi connectivity index (χ1v) is 31.8. The van der Waals surface area contributed by atoms with Crippen LogP contribution in [0.1, 0.15) is 22.3 Å². The highest BCUT2D eigenvalue weighted by molar-refractivity contribution is 6.15. The van der Waals surface area contributed by atoms with E-state index in [0.29, 0.717) is 22.9 Å². The highest BCUT2D eigenvalue weighted by Gasteiger charge is 2.54. The fourth-order valence-corrected chi connectivity index (χ4v) is 16.6. The molecule has 1 atom stereocenters. The van der Waals surface area contributed by atoms with Gasteiger partial charge in [0.15, 0.2) is 11.4 Å². The topological polar surface area (TPSA) is 68.4 Å². The summed E-state index contributed by atoms with van der Waals surface area (Å²) in [5.41, 5.74) is 20.5. The van der Waals surface area contributed by atoms with Crippen molar-refractivity contribution >= 4 is 120 Å². The average molecular weight is 1210 g/mol. The molecule has 21 rings (SSSR count). The summed E-state index contributed by atoms with van der Waals surface area (Å²) in [7, 11) is 0.